The second-order valence-electron chi connectivity index (χ2n) is 5.94. The average molecular weight is 383 g/mol. The van der Waals surface area contributed by atoms with Gasteiger partial charge < -0.3 is 9.80 Å². The fourth-order valence-corrected chi connectivity index (χ4v) is 3.18. The van der Waals surface area contributed by atoms with Gasteiger partial charge in [-0.1, -0.05) is 17.7 Å². The van der Waals surface area contributed by atoms with Crippen molar-refractivity contribution in [1.82, 2.24) is 19.8 Å². The number of aromatic nitrogens is 4. The monoisotopic (exact) mass is 382 g/mol. The molecule has 0 N–H and O–H groups in total. The molecule has 0 saturated carbocycles. The van der Waals surface area contributed by atoms with Crippen molar-refractivity contribution >= 4 is 28.8 Å². The molecule has 0 amide bonds. The molecule has 0 radical (unpaired) electrons. The van der Waals surface area contributed by atoms with E-state index in [9.17, 15) is 13.2 Å². The van der Waals surface area contributed by atoms with Crippen LogP contribution < -0.4 is 9.80 Å². The van der Waals surface area contributed by atoms with E-state index in [1.165, 1.54) is 6.07 Å². The lowest BCUT2D eigenvalue weighted by molar-refractivity contribution is -0.146. The van der Waals surface area contributed by atoms with Crippen LogP contribution in [0.3, 0.4) is 0 Å². The topological polar surface area (TPSA) is 49.6 Å². The lowest BCUT2D eigenvalue weighted by atomic mass is 10.2. The van der Waals surface area contributed by atoms with Crippen LogP contribution in [0.1, 0.15) is 5.82 Å². The quantitative estimate of drug-likeness (QED) is 0.681. The molecular weight excluding hydrogens is 369 g/mol. The molecule has 26 heavy (non-hydrogen) atoms. The maximum absolute atomic E-state index is 13.0. The van der Waals surface area contributed by atoms with E-state index >= 15 is 0 Å². The highest BCUT2D eigenvalue weighted by atomic mass is 35.5. The predicted molar refractivity (Wildman–Crippen MR) is 91.7 cm³/mol. The molecule has 3 heterocycles. The number of nitrogens with zero attached hydrogens (tertiary/aromatic N) is 6. The minimum absolute atomic E-state index is 0.0682. The Labute approximate surface area is 151 Å². The van der Waals surface area contributed by atoms with Gasteiger partial charge in [0.05, 0.1) is 0 Å². The van der Waals surface area contributed by atoms with E-state index < -0.39 is 12.0 Å². The van der Waals surface area contributed by atoms with Crippen LogP contribution in [-0.4, -0.2) is 46.0 Å². The van der Waals surface area contributed by atoms with Crippen LogP contribution in [0.2, 0.25) is 5.02 Å². The molecule has 0 bridgehead atoms. The Bertz CT molecular complexity index is 933. The van der Waals surface area contributed by atoms with E-state index in [1.807, 2.05) is 29.2 Å². The van der Waals surface area contributed by atoms with Crippen molar-refractivity contribution in [1.29, 1.82) is 0 Å². The summed E-state index contributed by atoms with van der Waals surface area (Å²) in [5.74, 6) is -0.652. The average Bonchev–Trinajstić information content (AvgIpc) is 3.05. The van der Waals surface area contributed by atoms with Crippen LogP contribution in [0.15, 0.2) is 36.4 Å². The molecule has 1 aromatic carbocycles. The zero-order valence-electron chi connectivity index (χ0n) is 13.5. The van der Waals surface area contributed by atoms with Crippen molar-refractivity contribution in [3.63, 3.8) is 0 Å². The minimum atomic E-state index is -4.60. The Kier molecular flexibility index (Phi) is 4.10. The molecule has 0 spiro atoms. The Morgan fingerprint density at radius 3 is 2.35 bits per heavy atom. The molecule has 1 aliphatic heterocycles. The largest absolute Gasteiger partial charge is 0.453 e. The summed E-state index contributed by atoms with van der Waals surface area (Å²) in [6.07, 6.45) is -4.60. The molecule has 10 heteroatoms. The van der Waals surface area contributed by atoms with Gasteiger partial charge in [0, 0.05) is 36.9 Å². The van der Waals surface area contributed by atoms with Gasteiger partial charge in [-0.05, 0) is 30.3 Å². The summed E-state index contributed by atoms with van der Waals surface area (Å²) >= 11 is 6.03. The third kappa shape index (κ3) is 3.14. The highest BCUT2D eigenvalue weighted by Gasteiger charge is 2.37. The van der Waals surface area contributed by atoms with E-state index in [0.29, 0.717) is 37.0 Å². The second-order valence-corrected chi connectivity index (χ2v) is 6.37. The van der Waals surface area contributed by atoms with Gasteiger partial charge >= 0.3 is 6.18 Å². The van der Waals surface area contributed by atoms with E-state index in [4.69, 9.17) is 11.6 Å². The van der Waals surface area contributed by atoms with Crippen molar-refractivity contribution in [3.8, 4) is 0 Å². The summed E-state index contributed by atoms with van der Waals surface area (Å²) in [6, 6.07) is 10.8. The number of halogens is 4. The molecule has 1 aliphatic rings. The molecule has 3 aromatic rings. The number of hydrogen-bond acceptors (Lipinski definition) is 5. The molecule has 4 rings (SSSR count). The van der Waals surface area contributed by atoms with E-state index in [0.717, 1.165) is 10.2 Å². The first-order valence-corrected chi connectivity index (χ1v) is 8.35. The number of rotatable bonds is 2. The third-order valence-corrected chi connectivity index (χ3v) is 4.51. The summed E-state index contributed by atoms with van der Waals surface area (Å²) in [4.78, 5) is 4.13. The number of fused-ring (bicyclic) bond motifs is 1. The van der Waals surface area contributed by atoms with E-state index in [1.54, 1.807) is 6.07 Å². The van der Waals surface area contributed by atoms with Gasteiger partial charge in [0.1, 0.15) is 5.82 Å². The standard InChI is InChI=1S/C16H14ClF3N6/c17-11-2-1-3-12(10-11)24-6-8-25(9-7-24)14-5-4-13-21-22-15(16(18,19)20)26(13)23-14/h1-5,10H,6-9H2. The van der Waals surface area contributed by atoms with Crippen molar-refractivity contribution in [3.05, 3.63) is 47.2 Å². The number of hydrogen-bond donors (Lipinski definition) is 0. The Morgan fingerprint density at radius 1 is 0.923 bits per heavy atom. The number of piperazine rings is 1. The molecule has 2 aromatic heterocycles. The zero-order chi connectivity index (χ0) is 18.3. The fraction of sp³-hybridized carbons (Fsp3) is 0.312. The number of anilines is 2. The number of benzene rings is 1. The smallest absolute Gasteiger partial charge is 0.368 e. The first-order chi connectivity index (χ1) is 12.4. The Morgan fingerprint density at radius 2 is 1.65 bits per heavy atom. The van der Waals surface area contributed by atoms with Gasteiger partial charge in [-0.15, -0.1) is 15.3 Å². The van der Waals surface area contributed by atoms with Crippen molar-refractivity contribution < 1.29 is 13.2 Å². The third-order valence-electron chi connectivity index (χ3n) is 4.28. The van der Waals surface area contributed by atoms with Gasteiger partial charge in [0.2, 0.25) is 0 Å². The fourth-order valence-electron chi connectivity index (χ4n) is 2.99. The zero-order valence-corrected chi connectivity index (χ0v) is 14.2. The van der Waals surface area contributed by atoms with Crippen LogP contribution in [-0.2, 0) is 6.18 Å². The summed E-state index contributed by atoms with van der Waals surface area (Å²) in [6.45, 7) is 2.70. The molecular formula is C16H14ClF3N6. The first kappa shape index (κ1) is 16.9. The van der Waals surface area contributed by atoms with Crippen LogP contribution >= 0.6 is 11.6 Å². The van der Waals surface area contributed by atoms with Gasteiger partial charge in [-0.25, -0.2) is 0 Å². The van der Waals surface area contributed by atoms with Crippen molar-refractivity contribution in [2.45, 2.75) is 6.18 Å². The molecule has 1 fully saturated rings. The summed E-state index contributed by atoms with van der Waals surface area (Å²) in [5, 5.41) is 11.5. The van der Waals surface area contributed by atoms with E-state index in [2.05, 4.69) is 20.2 Å². The molecule has 6 nitrogen and oxygen atoms in total. The van der Waals surface area contributed by atoms with Gasteiger partial charge in [0.25, 0.3) is 5.82 Å². The van der Waals surface area contributed by atoms with Crippen LogP contribution in [0.25, 0.3) is 5.65 Å². The van der Waals surface area contributed by atoms with E-state index in [-0.39, 0.29) is 5.65 Å². The van der Waals surface area contributed by atoms with Gasteiger partial charge in [0.15, 0.2) is 5.65 Å². The maximum atomic E-state index is 13.0. The summed E-state index contributed by atoms with van der Waals surface area (Å²) in [7, 11) is 0. The first-order valence-electron chi connectivity index (χ1n) is 7.97. The molecule has 0 aliphatic carbocycles. The lowest BCUT2D eigenvalue weighted by Crippen LogP contribution is -2.47. The van der Waals surface area contributed by atoms with Gasteiger partial charge in [-0.2, -0.15) is 17.7 Å². The highest BCUT2D eigenvalue weighted by Crippen LogP contribution is 2.28. The predicted octanol–water partition coefficient (Wildman–Crippen LogP) is 3.12. The van der Waals surface area contributed by atoms with Crippen LogP contribution in [0.4, 0.5) is 24.7 Å². The highest BCUT2D eigenvalue weighted by molar-refractivity contribution is 6.30. The minimum Gasteiger partial charge on any atom is -0.368 e. The summed E-state index contributed by atoms with van der Waals surface area (Å²) < 4.78 is 39.8. The Balaban J connectivity index is 1.54. The molecule has 136 valence electrons. The summed E-state index contributed by atoms with van der Waals surface area (Å²) in [5.41, 5.74) is 1.09. The van der Waals surface area contributed by atoms with Crippen molar-refractivity contribution in [2.24, 2.45) is 0 Å². The molecule has 1 saturated heterocycles. The van der Waals surface area contributed by atoms with Crippen molar-refractivity contribution in [2.75, 3.05) is 36.0 Å². The van der Waals surface area contributed by atoms with Crippen LogP contribution in [0, 0.1) is 0 Å². The SMILES string of the molecule is FC(F)(F)c1nnc2ccc(N3CCN(c4cccc(Cl)c4)CC3)nn12. The van der Waals surface area contributed by atoms with Gasteiger partial charge in [-0.3, -0.25) is 0 Å². The lowest BCUT2D eigenvalue weighted by Gasteiger charge is -2.36. The van der Waals surface area contributed by atoms with Crippen LogP contribution in [0.5, 0.6) is 0 Å². The second kappa shape index (κ2) is 6.31. The maximum Gasteiger partial charge on any atom is 0.453 e. The number of alkyl halides is 3. The molecule has 0 unspecified atom stereocenters. The normalized spacial score (nSPS) is 15.7. The Hall–Kier alpha value is -2.55. The molecule has 0 atom stereocenters.